The molecule has 0 atom stereocenters. The van der Waals surface area contributed by atoms with Crippen LogP contribution in [0, 0.1) is 0 Å². The molecule has 4 nitrogen and oxygen atoms in total. The van der Waals surface area contributed by atoms with Crippen LogP contribution in [-0.4, -0.2) is 15.3 Å². The van der Waals surface area contributed by atoms with Gasteiger partial charge in [0.05, 0.1) is 6.20 Å². The highest BCUT2D eigenvalue weighted by atomic mass is 16.1. The minimum atomic E-state index is -0.460. The molecule has 2 aromatic heterocycles. The number of hydrogen-bond donors (Lipinski definition) is 1. The summed E-state index contributed by atoms with van der Waals surface area (Å²) < 4.78 is 1.74. The molecule has 2 N–H and O–H groups in total. The summed E-state index contributed by atoms with van der Waals surface area (Å²) in [4.78, 5) is 15.3. The molecule has 2 aromatic rings. The van der Waals surface area contributed by atoms with Crippen LogP contribution in [0.2, 0.25) is 0 Å². The van der Waals surface area contributed by atoms with Crippen LogP contribution in [0.15, 0.2) is 24.5 Å². The van der Waals surface area contributed by atoms with E-state index >= 15 is 0 Å². The molecule has 0 fully saturated rings. The van der Waals surface area contributed by atoms with Gasteiger partial charge in [-0.3, -0.25) is 9.20 Å². The highest BCUT2D eigenvalue weighted by molar-refractivity contribution is 5.91. The van der Waals surface area contributed by atoms with E-state index in [4.69, 9.17) is 5.73 Å². The lowest BCUT2D eigenvalue weighted by Crippen LogP contribution is -2.16. The SMILES string of the molecule is CC(C)(C)c1ccc2ncc(C(N)=O)n2c1. The summed E-state index contributed by atoms with van der Waals surface area (Å²) in [5.74, 6) is -0.460. The number of carbonyl (C=O) groups excluding carboxylic acids is 1. The van der Waals surface area contributed by atoms with E-state index in [9.17, 15) is 4.79 Å². The molecule has 4 heteroatoms. The first kappa shape index (κ1) is 10.7. The smallest absolute Gasteiger partial charge is 0.267 e. The second-order valence-electron chi connectivity index (χ2n) is 4.90. The first-order chi connectivity index (χ1) is 7.39. The summed E-state index contributed by atoms with van der Waals surface area (Å²) in [5.41, 5.74) is 7.61. The van der Waals surface area contributed by atoms with Gasteiger partial charge in [0.1, 0.15) is 11.3 Å². The Morgan fingerprint density at radius 1 is 1.38 bits per heavy atom. The Kier molecular flexibility index (Phi) is 2.22. The summed E-state index contributed by atoms with van der Waals surface area (Å²) in [5, 5.41) is 0. The molecule has 0 bridgehead atoms. The maximum absolute atomic E-state index is 11.2. The molecule has 1 amide bonds. The third-order valence-corrected chi connectivity index (χ3v) is 2.62. The second kappa shape index (κ2) is 3.33. The zero-order valence-corrected chi connectivity index (χ0v) is 9.69. The van der Waals surface area contributed by atoms with E-state index in [0.717, 1.165) is 11.2 Å². The molecule has 84 valence electrons. The topological polar surface area (TPSA) is 60.4 Å². The first-order valence-corrected chi connectivity index (χ1v) is 5.17. The molecule has 0 spiro atoms. The maximum Gasteiger partial charge on any atom is 0.267 e. The molecule has 2 heterocycles. The van der Waals surface area contributed by atoms with E-state index < -0.39 is 5.91 Å². The van der Waals surface area contributed by atoms with Crippen LogP contribution in [0.1, 0.15) is 36.8 Å². The fourth-order valence-electron chi connectivity index (χ4n) is 1.61. The zero-order valence-electron chi connectivity index (χ0n) is 9.69. The molecular formula is C12H15N3O. The van der Waals surface area contributed by atoms with Gasteiger partial charge in [-0.15, -0.1) is 0 Å². The van der Waals surface area contributed by atoms with Crippen molar-refractivity contribution >= 4 is 11.6 Å². The van der Waals surface area contributed by atoms with Crippen molar-refractivity contribution < 1.29 is 4.79 Å². The highest BCUT2D eigenvalue weighted by Gasteiger charge is 2.16. The average molecular weight is 217 g/mol. The third-order valence-electron chi connectivity index (χ3n) is 2.62. The lowest BCUT2D eigenvalue weighted by atomic mass is 9.88. The molecule has 0 radical (unpaired) electrons. The molecular weight excluding hydrogens is 202 g/mol. The van der Waals surface area contributed by atoms with Gasteiger partial charge in [0.25, 0.3) is 5.91 Å². The van der Waals surface area contributed by atoms with E-state index in [1.54, 1.807) is 4.40 Å². The van der Waals surface area contributed by atoms with Crippen LogP contribution in [0.25, 0.3) is 5.65 Å². The highest BCUT2D eigenvalue weighted by Crippen LogP contribution is 2.22. The number of carbonyl (C=O) groups is 1. The molecule has 0 aromatic carbocycles. The second-order valence-corrected chi connectivity index (χ2v) is 4.90. The Morgan fingerprint density at radius 3 is 2.62 bits per heavy atom. The van der Waals surface area contributed by atoms with Crippen LogP contribution in [0.4, 0.5) is 0 Å². The summed E-state index contributed by atoms with van der Waals surface area (Å²) in [7, 11) is 0. The number of nitrogens with zero attached hydrogens (tertiary/aromatic N) is 2. The van der Waals surface area contributed by atoms with Crippen LogP contribution in [-0.2, 0) is 5.41 Å². The van der Waals surface area contributed by atoms with Crippen molar-refractivity contribution in [1.29, 1.82) is 0 Å². The van der Waals surface area contributed by atoms with Crippen LogP contribution >= 0.6 is 0 Å². The molecule has 2 rings (SSSR count). The summed E-state index contributed by atoms with van der Waals surface area (Å²) >= 11 is 0. The quantitative estimate of drug-likeness (QED) is 0.790. The van der Waals surface area contributed by atoms with Crippen molar-refractivity contribution in [3.05, 3.63) is 35.8 Å². The summed E-state index contributed by atoms with van der Waals surface area (Å²) in [6.07, 6.45) is 3.42. The van der Waals surface area contributed by atoms with Gasteiger partial charge in [0, 0.05) is 6.20 Å². The number of hydrogen-bond acceptors (Lipinski definition) is 2. The van der Waals surface area contributed by atoms with Crippen LogP contribution < -0.4 is 5.73 Å². The third kappa shape index (κ3) is 1.66. The van der Waals surface area contributed by atoms with Gasteiger partial charge >= 0.3 is 0 Å². The Morgan fingerprint density at radius 2 is 2.06 bits per heavy atom. The largest absolute Gasteiger partial charge is 0.364 e. The Balaban J connectivity index is 2.68. The van der Waals surface area contributed by atoms with E-state index in [-0.39, 0.29) is 5.41 Å². The minimum Gasteiger partial charge on any atom is -0.364 e. The van der Waals surface area contributed by atoms with Gasteiger partial charge < -0.3 is 5.73 Å². The Hall–Kier alpha value is -1.84. The van der Waals surface area contributed by atoms with Gasteiger partial charge in [-0.05, 0) is 17.0 Å². The van der Waals surface area contributed by atoms with Gasteiger partial charge in [-0.1, -0.05) is 26.8 Å². The normalized spacial score (nSPS) is 11.9. The lowest BCUT2D eigenvalue weighted by Gasteiger charge is -2.19. The van der Waals surface area contributed by atoms with E-state index in [1.807, 2.05) is 18.3 Å². The van der Waals surface area contributed by atoms with Crippen LogP contribution in [0.5, 0.6) is 0 Å². The monoisotopic (exact) mass is 217 g/mol. The fourth-order valence-corrected chi connectivity index (χ4v) is 1.61. The van der Waals surface area contributed by atoms with E-state index in [2.05, 4.69) is 25.8 Å². The van der Waals surface area contributed by atoms with Crippen molar-refractivity contribution in [1.82, 2.24) is 9.38 Å². The average Bonchev–Trinajstić information content (AvgIpc) is 2.58. The van der Waals surface area contributed by atoms with Crippen molar-refractivity contribution in [2.45, 2.75) is 26.2 Å². The Labute approximate surface area is 94.1 Å². The van der Waals surface area contributed by atoms with Gasteiger partial charge in [-0.25, -0.2) is 4.98 Å². The number of nitrogens with two attached hydrogens (primary N) is 1. The van der Waals surface area contributed by atoms with Crippen molar-refractivity contribution in [3.8, 4) is 0 Å². The zero-order chi connectivity index (χ0) is 11.9. The number of aromatic nitrogens is 2. The maximum atomic E-state index is 11.2. The predicted molar refractivity (Wildman–Crippen MR) is 62.4 cm³/mol. The van der Waals surface area contributed by atoms with Gasteiger partial charge in [-0.2, -0.15) is 0 Å². The molecule has 0 aliphatic heterocycles. The minimum absolute atomic E-state index is 0.0351. The number of fused-ring (bicyclic) bond motifs is 1. The fraction of sp³-hybridized carbons (Fsp3) is 0.333. The van der Waals surface area contributed by atoms with E-state index in [0.29, 0.717) is 5.69 Å². The van der Waals surface area contributed by atoms with Gasteiger partial charge in [0.15, 0.2) is 0 Å². The lowest BCUT2D eigenvalue weighted by molar-refractivity contribution is 0.0994. The predicted octanol–water partition coefficient (Wildman–Crippen LogP) is 1.73. The molecule has 0 saturated heterocycles. The number of imidazole rings is 1. The van der Waals surface area contributed by atoms with Crippen molar-refractivity contribution in [2.75, 3.05) is 0 Å². The molecule has 0 saturated carbocycles. The number of primary amides is 1. The number of pyridine rings is 1. The summed E-state index contributed by atoms with van der Waals surface area (Å²) in [6, 6.07) is 3.92. The number of amides is 1. The molecule has 0 aliphatic rings. The molecule has 16 heavy (non-hydrogen) atoms. The first-order valence-electron chi connectivity index (χ1n) is 5.17. The number of rotatable bonds is 1. The molecule has 0 unspecified atom stereocenters. The van der Waals surface area contributed by atoms with Gasteiger partial charge in [0.2, 0.25) is 0 Å². The van der Waals surface area contributed by atoms with Crippen LogP contribution in [0.3, 0.4) is 0 Å². The van der Waals surface area contributed by atoms with Crippen molar-refractivity contribution in [3.63, 3.8) is 0 Å². The van der Waals surface area contributed by atoms with Crippen molar-refractivity contribution in [2.24, 2.45) is 5.73 Å². The summed E-state index contributed by atoms with van der Waals surface area (Å²) in [6.45, 7) is 6.36. The van der Waals surface area contributed by atoms with E-state index in [1.165, 1.54) is 6.20 Å². The Bertz CT molecular complexity index is 549. The standard InChI is InChI=1S/C12H15N3O/c1-12(2,3)8-4-5-10-14-6-9(11(13)16)15(10)7-8/h4-7H,1-3H3,(H2,13,16). The molecule has 0 aliphatic carbocycles.